The van der Waals surface area contributed by atoms with Gasteiger partial charge < -0.3 is 0 Å². The summed E-state index contributed by atoms with van der Waals surface area (Å²) in [7, 11) is 0. The van der Waals surface area contributed by atoms with Crippen molar-refractivity contribution in [1.29, 1.82) is 0 Å². The van der Waals surface area contributed by atoms with Gasteiger partial charge in [0.05, 0.1) is 7.22 Å². The molecule has 0 saturated carbocycles. The highest BCUT2D eigenvalue weighted by molar-refractivity contribution is 14.1. The summed E-state index contributed by atoms with van der Waals surface area (Å²) in [5, 5.41) is 0. The molecule has 10 heavy (non-hydrogen) atoms. The molecule has 0 aliphatic carbocycles. The molecule has 1 rings (SSSR count). The van der Waals surface area contributed by atoms with Gasteiger partial charge in [-0.05, 0) is 40.1 Å². The number of thiophene rings is 1. The molecule has 0 unspecified atom stereocenters. The van der Waals surface area contributed by atoms with Gasteiger partial charge in [0.15, 0.2) is 0 Å². The second kappa shape index (κ2) is 3.41. The zero-order valence-electron chi connectivity index (χ0n) is 5.82. The van der Waals surface area contributed by atoms with Crippen LogP contribution in [0.3, 0.4) is 0 Å². The Morgan fingerprint density at radius 3 is 2.40 bits per heavy atom. The molecule has 1 heterocycles. The summed E-state index contributed by atoms with van der Waals surface area (Å²) in [6.07, 6.45) is 0. The monoisotopic (exact) mass is 286 g/mol. The quantitative estimate of drug-likeness (QED) is 0.681. The maximum atomic E-state index is 5.82. The van der Waals surface area contributed by atoms with Crippen molar-refractivity contribution in [2.75, 3.05) is 0 Å². The fourth-order valence-electron chi connectivity index (χ4n) is 0.747. The van der Waals surface area contributed by atoms with E-state index in [1.165, 1.54) is 8.45 Å². The van der Waals surface area contributed by atoms with Crippen LogP contribution in [0.15, 0.2) is 6.07 Å². The lowest BCUT2D eigenvalue weighted by Gasteiger charge is -1.99. The molecule has 0 N–H and O–H groups in total. The van der Waals surface area contributed by atoms with Crippen LogP contribution in [-0.2, 0) is 0 Å². The number of hydrogen-bond acceptors (Lipinski definition) is 1. The van der Waals surface area contributed by atoms with Gasteiger partial charge in [-0.25, -0.2) is 0 Å². The zero-order valence-corrected chi connectivity index (χ0v) is 9.55. The molecule has 3 heteroatoms. The van der Waals surface area contributed by atoms with Crippen LogP contribution in [0.4, 0.5) is 0 Å². The summed E-state index contributed by atoms with van der Waals surface area (Å²) in [5.74, 6) is 0.593. The third kappa shape index (κ3) is 1.86. The Morgan fingerprint density at radius 1 is 1.60 bits per heavy atom. The number of rotatable bonds is 1. The summed E-state index contributed by atoms with van der Waals surface area (Å²) in [4.78, 5) is 0. The Morgan fingerprint density at radius 2 is 2.20 bits per heavy atom. The fraction of sp³-hybridized carbons (Fsp3) is 0.429. The lowest BCUT2D eigenvalue weighted by Crippen LogP contribution is -1.83. The standard InChI is InChI=1S/C7H8ClIS/c1-4(2)5-3-6(8)10-7(5)9/h3-4H,1-2H3. The molecule has 0 saturated heterocycles. The highest BCUT2D eigenvalue weighted by atomic mass is 127. The summed E-state index contributed by atoms with van der Waals surface area (Å²) in [6.45, 7) is 4.36. The molecule has 0 radical (unpaired) electrons. The van der Waals surface area contributed by atoms with Gasteiger partial charge in [0.2, 0.25) is 0 Å². The van der Waals surface area contributed by atoms with Crippen LogP contribution in [0.2, 0.25) is 4.34 Å². The molecule has 0 fully saturated rings. The maximum absolute atomic E-state index is 5.82. The van der Waals surface area contributed by atoms with E-state index in [1.807, 2.05) is 0 Å². The molecular weight excluding hydrogens is 279 g/mol. The van der Waals surface area contributed by atoms with Crippen LogP contribution in [0, 0.1) is 2.88 Å². The largest absolute Gasteiger partial charge is 0.117 e. The Balaban J connectivity index is 3.03. The Hall–Kier alpha value is 0.720. The van der Waals surface area contributed by atoms with Gasteiger partial charge in [-0.2, -0.15) is 0 Å². The van der Waals surface area contributed by atoms with Crippen LogP contribution < -0.4 is 0 Å². The van der Waals surface area contributed by atoms with Crippen molar-refractivity contribution >= 4 is 45.5 Å². The molecule has 0 bridgehead atoms. The first kappa shape index (κ1) is 8.81. The second-order valence-electron chi connectivity index (χ2n) is 2.43. The average molecular weight is 287 g/mol. The van der Waals surface area contributed by atoms with E-state index in [0.29, 0.717) is 5.92 Å². The average Bonchev–Trinajstić information content (AvgIpc) is 2.10. The van der Waals surface area contributed by atoms with Crippen LogP contribution in [0.5, 0.6) is 0 Å². The third-order valence-corrected chi connectivity index (χ3v) is 3.66. The van der Waals surface area contributed by atoms with Crippen LogP contribution in [0.25, 0.3) is 0 Å². The van der Waals surface area contributed by atoms with Crippen molar-refractivity contribution in [2.24, 2.45) is 0 Å². The summed E-state index contributed by atoms with van der Waals surface area (Å²) < 4.78 is 2.21. The molecule has 0 aliphatic rings. The van der Waals surface area contributed by atoms with Gasteiger partial charge in [-0.15, -0.1) is 11.3 Å². The van der Waals surface area contributed by atoms with E-state index < -0.39 is 0 Å². The summed E-state index contributed by atoms with van der Waals surface area (Å²) in [6, 6.07) is 2.05. The van der Waals surface area contributed by atoms with E-state index in [9.17, 15) is 0 Å². The highest BCUT2D eigenvalue weighted by Gasteiger charge is 2.07. The minimum atomic E-state index is 0.593. The van der Waals surface area contributed by atoms with E-state index in [1.54, 1.807) is 11.3 Å². The SMILES string of the molecule is CC(C)c1cc(Cl)sc1I. The van der Waals surface area contributed by atoms with E-state index in [-0.39, 0.29) is 0 Å². The van der Waals surface area contributed by atoms with Crippen LogP contribution in [-0.4, -0.2) is 0 Å². The lowest BCUT2D eigenvalue weighted by molar-refractivity contribution is 0.867. The van der Waals surface area contributed by atoms with Gasteiger partial charge in [0.25, 0.3) is 0 Å². The van der Waals surface area contributed by atoms with Crippen molar-refractivity contribution in [2.45, 2.75) is 19.8 Å². The van der Waals surface area contributed by atoms with E-state index in [0.717, 1.165) is 4.34 Å². The molecule has 1 aromatic heterocycles. The first-order chi connectivity index (χ1) is 4.61. The molecule has 0 nitrogen and oxygen atoms in total. The topological polar surface area (TPSA) is 0 Å². The van der Waals surface area contributed by atoms with E-state index in [4.69, 9.17) is 11.6 Å². The van der Waals surface area contributed by atoms with Gasteiger partial charge in [-0.1, -0.05) is 25.4 Å². The van der Waals surface area contributed by atoms with Crippen LogP contribution in [0.1, 0.15) is 25.3 Å². The lowest BCUT2D eigenvalue weighted by atomic mass is 10.1. The minimum Gasteiger partial charge on any atom is -0.117 e. The molecule has 56 valence electrons. The normalized spacial score (nSPS) is 10.9. The molecular formula is C7H8ClIS. The fourth-order valence-corrected chi connectivity index (χ4v) is 3.75. The molecule has 0 aliphatic heterocycles. The van der Waals surface area contributed by atoms with E-state index in [2.05, 4.69) is 42.5 Å². The van der Waals surface area contributed by atoms with Crippen molar-refractivity contribution in [3.8, 4) is 0 Å². The Kier molecular flexibility index (Phi) is 3.01. The molecule has 0 spiro atoms. The van der Waals surface area contributed by atoms with E-state index >= 15 is 0 Å². The highest BCUT2D eigenvalue weighted by Crippen LogP contribution is 2.32. The first-order valence-electron chi connectivity index (χ1n) is 3.06. The molecule has 0 aromatic carbocycles. The van der Waals surface area contributed by atoms with Crippen molar-refractivity contribution in [3.63, 3.8) is 0 Å². The molecule has 0 atom stereocenters. The molecule has 1 aromatic rings. The van der Waals surface area contributed by atoms with Gasteiger partial charge >= 0.3 is 0 Å². The smallest absolute Gasteiger partial charge is 0.0942 e. The van der Waals surface area contributed by atoms with Gasteiger partial charge in [0.1, 0.15) is 0 Å². The van der Waals surface area contributed by atoms with Crippen LogP contribution >= 0.6 is 45.5 Å². The van der Waals surface area contributed by atoms with Crippen molar-refractivity contribution < 1.29 is 0 Å². The first-order valence-corrected chi connectivity index (χ1v) is 5.33. The number of hydrogen-bond donors (Lipinski definition) is 0. The third-order valence-electron chi connectivity index (χ3n) is 1.31. The second-order valence-corrected chi connectivity index (χ2v) is 5.93. The van der Waals surface area contributed by atoms with Crippen molar-refractivity contribution in [3.05, 3.63) is 18.9 Å². The Bertz CT molecular complexity index is 230. The predicted molar refractivity (Wildman–Crippen MR) is 56.1 cm³/mol. The summed E-state index contributed by atoms with van der Waals surface area (Å²) >= 11 is 9.80. The molecule has 0 amide bonds. The predicted octanol–water partition coefficient (Wildman–Crippen LogP) is 4.13. The minimum absolute atomic E-state index is 0.593. The van der Waals surface area contributed by atoms with Gasteiger partial charge in [0, 0.05) is 0 Å². The summed E-state index contributed by atoms with van der Waals surface area (Å²) in [5.41, 5.74) is 1.37. The van der Waals surface area contributed by atoms with Gasteiger partial charge in [-0.3, -0.25) is 0 Å². The maximum Gasteiger partial charge on any atom is 0.0942 e. The van der Waals surface area contributed by atoms with Crippen molar-refractivity contribution in [1.82, 2.24) is 0 Å². The zero-order chi connectivity index (χ0) is 7.72. The number of halogens is 2. The Labute approximate surface area is 83.7 Å².